The summed E-state index contributed by atoms with van der Waals surface area (Å²) in [4.78, 5) is 4.19. The number of rotatable bonds is 4. The minimum atomic E-state index is 0.650. The summed E-state index contributed by atoms with van der Waals surface area (Å²) in [6.45, 7) is 2.77. The minimum Gasteiger partial charge on any atom is -0.340 e. The van der Waals surface area contributed by atoms with Crippen LogP contribution in [0.3, 0.4) is 0 Å². The Labute approximate surface area is 95.1 Å². The van der Waals surface area contributed by atoms with E-state index in [1.54, 1.807) is 0 Å². The van der Waals surface area contributed by atoms with E-state index in [0.29, 0.717) is 11.9 Å². The van der Waals surface area contributed by atoms with E-state index in [9.17, 15) is 0 Å². The van der Waals surface area contributed by atoms with Crippen molar-refractivity contribution in [1.82, 2.24) is 15.5 Å². The molecule has 0 aliphatic heterocycles. The van der Waals surface area contributed by atoms with Crippen molar-refractivity contribution in [2.24, 2.45) is 11.8 Å². The average molecular weight is 219 g/mol. The third kappa shape index (κ3) is 1.78. The Bertz CT molecular complexity index is 399. The van der Waals surface area contributed by atoms with Gasteiger partial charge >= 0.3 is 0 Å². The number of nitrogens with one attached hydrogen (secondary N) is 1. The first kappa shape index (κ1) is 10.0. The van der Waals surface area contributed by atoms with E-state index in [0.717, 1.165) is 30.6 Å². The normalized spacial score (nSPS) is 31.4. The van der Waals surface area contributed by atoms with Gasteiger partial charge in [-0.2, -0.15) is 4.98 Å². The lowest BCUT2D eigenvalue weighted by Gasteiger charge is -2.40. The second-order valence-corrected chi connectivity index (χ2v) is 4.78. The summed E-state index contributed by atoms with van der Waals surface area (Å²) in [6.07, 6.45) is 8.15. The molecule has 0 amide bonds. The molecule has 2 aliphatic carbocycles. The average Bonchev–Trinajstić information content (AvgIpc) is 2.80. The van der Waals surface area contributed by atoms with Gasteiger partial charge in [-0.1, -0.05) is 17.3 Å². The summed E-state index contributed by atoms with van der Waals surface area (Å²) in [6, 6.07) is 0.678. The third-order valence-electron chi connectivity index (χ3n) is 3.69. The van der Waals surface area contributed by atoms with E-state index in [4.69, 9.17) is 4.52 Å². The van der Waals surface area contributed by atoms with Gasteiger partial charge in [0.15, 0.2) is 5.82 Å². The number of aromatic nitrogens is 2. The fourth-order valence-corrected chi connectivity index (χ4v) is 2.76. The number of fused-ring (bicyclic) bond motifs is 1. The molecule has 1 N–H and O–H groups in total. The molecule has 0 spiro atoms. The SMILES string of the molecule is Cc1nc(CCNC2CC3CC=CC32)no1. The molecule has 0 radical (unpaired) electrons. The molecule has 0 aromatic carbocycles. The molecule has 1 saturated carbocycles. The zero-order valence-electron chi connectivity index (χ0n) is 9.52. The maximum atomic E-state index is 4.93. The van der Waals surface area contributed by atoms with Gasteiger partial charge in [-0.05, 0) is 24.7 Å². The quantitative estimate of drug-likeness (QED) is 0.779. The largest absolute Gasteiger partial charge is 0.340 e. The standard InChI is InChI=1S/C12H17N3O/c1-8-14-12(15-16-8)5-6-13-11-7-9-3-2-4-10(9)11/h2,4,9-11,13H,3,5-7H2,1H3. The Kier molecular flexibility index (Phi) is 2.52. The van der Waals surface area contributed by atoms with Crippen LogP contribution >= 0.6 is 0 Å². The van der Waals surface area contributed by atoms with E-state index in [1.165, 1.54) is 12.8 Å². The van der Waals surface area contributed by atoms with Crippen molar-refractivity contribution in [2.45, 2.75) is 32.2 Å². The highest BCUT2D eigenvalue weighted by molar-refractivity contribution is 5.12. The van der Waals surface area contributed by atoms with Gasteiger partial charge in [0.2, 0.25) is 5.89 Å². The Balaban J connectivity index is 1.42. The van der Waals surface area contributed by atoms with Crippen molar-refractivity contribution in [1.29, 1.82) is 0 Å². The molecule has 4 heteroatoms. The first-order valence-electron chi connectivity index (χ1n) is 6.02. The van der Waals surface area contributed by atoms with Crippen LogP contribution in [0, 0.1) is 18.8 Å². The van der Waals surface area contributed by atoms with Crippen LogP contribution < -0.4 is 5.32 Å². The van der Waals surface area contributed by atoms with Crippen LogP contribution in [-0.2, 0) is 6.42 Å². The van der Waals surface area contributed by atoms with Crippen molar-refractivity contribution < 1.29 is 4.52 Å². The maximum absolute atomic E-state index is 4.93. The Morgan fingerprint density at radius 3 is 3.25 bits per heavy atom. The van der Waals surface area contributed by atoms with Gasteiger partial charge in [0.05, 0.1) is 0 Å². The maximum Gasteiger partial charge on any atom is 0.223 e. The zero-order chi connectivity index (χ0) is 11.0. The molecule has 1 fully saturated rings. The smallest absolute Gasteiger partial charge is 0.223 e. The Morgan fingerprint density at radius 2 is 2.50 bits per heavy atom. The summed E-state index contributed by atoms with van der Waals surface area (Å²) >= 11 is 0. The van der Waals surface area contributed by atoms with E-state index in [-0.39, 0.29) is 0 Å². The highest BCUT2D eigenvalue weighted by atomic mass is 16.5. The van der Waals surface area contributed by atoms with Gasteiger partial charge < -0.3 is 9.84 Å². The fourth-order valence-electron chi connectivity index (χ4n) is 2.76. The first-order valence-corrected chi connectivity index (χ1v) is 6.02. The lowest BCUT2D eigenvalue weighted by molar-refractivity contribution is 0.164. The van der Waals surface area contributed by atoms with Crippen molar-refractivity contribution >= 4 is 0 Å². The molecule has 3 unspecified atom stereocenters. The number of nitrogens with zero attached hydrogens (tertiary/aromatic N) is 2. The minimum absolute atomic E-state index is 0.650. The number of hydrogen-bond donors (Lipinski definition) is 1. The van der Waals surface area contributed by atoms with Crippen LogP contribution in [0.1, 0.15) is 24.6 Å². The van der Waals surface area contributed by atoms with Crippen LogP contribution in [0.25, 0.3) is 0 Å². The summed E-state index contributed by atoms with van der Waals surface area (Å²) in [5, 5.41) is 7.46. The Morgan fingerprint density at radius 1 is 1.56 bits per heavy atom. The van der Waals surface area contributed by atoms with E-state index >= 15 is 0 Å². The molecule has 3 atom stereocenters. The molecule has 4 nitrogen and oxygen atoms in total. The monoisotopic (exact) mass is 219 g/mol. The summed E-state index contributed by atoms with van der Waals surface area (Å²) < 4.78 is 4.93. The second-order valence-electron chi connectivity index (χ2n) is 4.78. The molecule has 0 bridgehead atoms. The van der Waals surface area contributed by atoms with Crippen LogP contribution in [0.5, 0.6) is 0 Å². The van der Waals surface area contributed by atoms with Gasteiger partial charge in [-0.3, -0.25) is 0 Å². The highest BCUT2D eigenvalue weighted by Crippen LogP contribution is 2.42. The van der Waals surface area contributed by atoms with E-state index in [2.05, 4.69) is 27.6 Å². The topological polar surface area (TPSA) is 51.0 Å². The van der Waals surface area contributed by atoms with Gasteiger partial charge in [0.25, 0.3) is 0 Å². The summed E-state index contributed by atoms with van der Waals surface area (Å²) in [7, 11) is 0. The molecule has 16 heavy (non-hydrogen) atoms. The molecule has 2 aliphatic rings. The van der Waals surface area contributed by atoms with E-state index < -0.39 is 0 Å². The Hall–Kier alpha value is -1.16. The molecule has 3 rings (SSSR count). The number of hydrogen-bond acceptors (Lipinski definition) is 4. The molecular weight excluding hydrogens is 202 g/mol. The van der Waals surface area contributed by atoms with Crippen molar-refractivity contribution in [3.05, 3.63) is 23.9 Å². The summed E-state index contributed by atoms with van der Waals surface area (Å²) in [5.74, 6) is 3.16. The molecule has 1 heterocycles. The lowest BCUT2D eigenvalue weighted by Crippen LogP contribution is -2.48. The van der Waals surface area contributed by atoms with Gasteiger partial charge in [0, 0.05) is 25.9 Å². The van der Waals surface area contributed by atoms with Crippen LogP contribution in [0.4, 0.5) is 0 Å². The predicted octanol–water partition coefficient (Wildman–Crippen LogP) is 1.47. The van der Waals surface area contributed by atoms with Crippen LogP contribution in [-0.4, -0.2) is 22.7 Å². The van der Waals surface area contributed by atoms with E-state index in [1.807, 2.05) is 6.92 Å². The second kappa shape index (κ2) is 4.01. The predicted molar refractivity (Wildman–Crippen MR) is 59.9 cm³/mol. The van der Waals surface area contributed by atoms with Crippen LogP contribution in [0.15, 0.2) is 16.7 Å². The van der Waals surface area contributed by atoms with Gasteiger partial charge in [-0.25, -0.2) is 0 Å². The van der Waals surface area contributed by atoms with Gasteiger partial charge in [0.1, 0.15) is 0 Å². The third-order valence-corrected chi connectivity index (χ3v) is 3.69. The molecule has 1 aromatic heterocycles. The van der Waals surface area contributed by atoms with Crippen molar-refractivity contribution in [3.63, 3.8) is 0 Å². The zero-order valence-corrected chi connectivity index (χ0v) is 9.52. The molecule has 1 aromatic rings. The number of aryl methyl sites for hydroxylation is 1. The van der Waals surface area contributed by atoms with Crippen molar-refractivity contribution in [2.75, 3.05) is 6.54 Å². The molecule has 86 valence electrons. The summed E-state index contributed by atoms with van der Waals surface area (Å²) in [5.41, 5.74) is 0. The fraction of sp³-hybridized carbons (Fsp3) is 0.667. The molecular formula is C12H17N3O. The first-order chi connectivity index (χ1) is 7.83. The van der Waals surface area contributed by atoms with Crippen molar-refractivity contribution in [3.8, 4) is 0 Å². The number of allylic oxidation sites excluding steroid dienone is 1. The highest BCUT2D eigenvalue weighted by Gasteiger charge is 2.40. The van der Waals surface area contributed by atoms with Crippen LogP contribution in [0.2, 0.25) is 0 Å². The van der Waals surface area contributed by atoms with Gasteiger partial charge in [-0.15, -0.1) is 0 Å². The molecule has 0 saturated heterocycles. The lowest BCUT2D eigenvalue weighted by atomic mass is 9.71.